The Hall–Kier alpha value is -0.740. The third-order valence-electron chi connectivity index (χ3n) is 1.05. The zero-order valence-corrected chi connectivity index (χ0v) is 6.26. The van der Waals surface area contributed by atoms with Gasteiger partial charge in [-0.3, -0.25) is 4.98 Å². The second-order valence-electron chi connectivity index (χ2n) is 1.95. The zero-order valence-electron chi connectivity index (χ0n) is 5.44. The lowest BCUT2D eigenvalue weighted by atomic mass is 10.3. The molecule has 0 saturated heterocycles. The predicted octanol–water partition coefficient (Wildman–Crippen LogP) is 0.971. The second-order valence-corrected chi connectivity index (χ2v) is 2.92. The van der Waals surface area contributed by atoms with Gasteiger partial charge < -0.3 is 4.55 Å². The summed E-state index contributed by atoms with van der Waals surface area (Å²) in [6.07, 6.45) is 3.01. The van der Waals surface area contributed by atoms with Crippen LogP contribution < -0.4 is 0 Å². The Morgan fingerprint density at radius 3 is 2.70 bits per heavy atom. The SMILES string of the molecule is Cc1cncc(S(=O)O)c1. The van der Waals surface area contributed by atoms with Crippen molar-refractivity contribution in [3.05, 3.63) is 24.0 Å². The van der Waals surface area contributed by atoms with Crippen molar-refractivity contribution in [2.24, 2.45) is 0 Å². The molecule has 0 fully saturated rings. The molecule has 1 atom stereocenters. The van der Waals surface area contributed by atoms with Crippen LogP contribution in [0.2, 0.25) is 0 Å². The van der Waals surface area contributed by atoms with Crippen molar-refractivity contribution in [2.45, 2.75) is 11.8 Å². The highest BCUT2D eigenvalue weighted by Crippen LogP contribution is 2.03. The lowest BCUT2D eigenvalue weighted by Crippen LogP contribution is -1.89. The van der Waals surface area contributed by atoms with Crippen LogP contribution in [0.5, 0.6) is 0 Å². The Bertz CT molecular complexity index is 262. The lowest BCUT2D eigenvalue weighted by molar-refractivity contribution is 0.564. The first kappa shape index (κ1) is 7.37. The lowest BCUT2D eigenvalue weighted by Gasteiger charge is -1.93. The number of rotatable bonds is 1. The summed E-state index contributed by atoms with van der Waals surface area (Å²) < 4.78 is 19.0. The van der Waals surface area contributed by atoms with E-state index >= 15 is 0 Å². The molecule has 1 N–H and O–H groups in total. The smallest absolute Gasteiger partial charge is 0.188 e. The molecule has 3 nitrogen and oxygen atoms in total. The van der Waals surface area contributed by atoms with E-state index in [1.165, 1.54) is 6.20 Å². The fourth-order valence-corrected chi connectivity index (χ4v) is 1.06. The number of hydrogen-bond acceptors (Lipinski definition) is 2. The molecule has 1 aromatic heterocycles. The highest BCUT2D eigenvalue weighted by Gasteiger charge is 1.97. The third kappa shape index (κ3) is 1.62. The molecule has 4 heteroatoms. The molecule has 1 heterocycles. The molecule has 0 aliphatic carbocycles. The number of pyridine rings is 1. The molecule has 0 saturated carbocycles. The Kier molecular flexibility index (Phi) is 2.13. The van der Waals surface area contributed by atoms with E-state index in [9.17, 15) is 4.21 Å². The Morgan fingerprint density at radius 1 is 1.60 bits per heavy atom. The molecule has 54 valence electrons. The summed E-state index contributed by atoms with van der Waals surface area (Å²) in [5.74, 6) is 0. The number of hydrogen-bond donors (Lipinski definition) is 1. The van der Waals surface area contributed by atoms with Gasteiger partial charge in [0.15, 0.2) is 11.1 Å². The van der Waals surface area contributed by atoms with Crippen molar-refractivity contribution in [1.29, 1.82) is 0 Å². The summed E-state index contributed by atoms with van der Waals surface area (Å²) >= 11 is -1.90. The minimum absolute atomic E-state index is 0.347. The van der Waals surface area contributed by atoms with Crippen molar-refractivity contribution >= 4 is 11.1 Å². The predicted molar refractivity (Wildman–Crippen MR) is 38.0 cm³/mol. The van der Waals surface area contributed by atoms with Crippen molar-refractivity contribution in [3.8, 4) is 0 Å². The summed E-state index contributed by atoms with van der Waals surface area (Å²) in [6.45, 7) is 1.82. The Balaban J connectivity index is 3.07. The molecule has 0 spiro atoms. The molecule has 1 unspecified atom stereocenters. The number of nitrogens with zero attached hydrogens (tertiary/aromatic N) is 1. The maximum Gasteiger partial charge on any atom is 0.188 e. The highest BCUT2D eigenvalue weighted by atomic mass is 32.2. The molecule has 1 aromatic rings. The average Bonchev–Trinajstić information content (AvgIpc) is 1.88. The first-order valence-electron chi connectivity index (χ1n) is 2.72. The van der Waals surface area contributed by atoms with E-state index in [0.717, 1.165) is 5.56 Å². The van der Waals surface area contributed by atoms with Crippen LogP contribution in [0.3, 0.4) is 0 Å². The van der Waals surface area contributed by atoms with Gasteiger partial charge in [-0.2, -0.15) is 0 Å². The van der Waals surface area contributed by atoms with Gasteiger partial charge in [-0.1, -0.05) is 0 Å². The van der Waals surface area contributed by atoms with E-state index < -0.39 is 11.1 Å². The van der Waals surface area contributed by atoms with Crippen LogP contribution in [0.1, 0.15) is 5.56 Å². The standard InChI is InChI=1S/C6H7NO2S/c1-5-2-6(10(8)9)4-7-3-5/h2-4H,1H3,(H,8,9). The van der Waals surface area contributed by atoms with E-state index in [1.54, 1.807) is 12.3 Å². The average molecular weight is 157 g/mol. The van der Waals surface area contributed by atoms with Crippen molar-refractivity contribution in [1.82, 2.24) is 4.98 Å². The molecule has 0 amide bonds. The van der Waals surface area contributed by atoms with Gasteiger partial charge in [-0.25, -0.2) is 4.21 Å². The van der Waals surface area contributed by atoms with Gasteiger partial charge in [-0.15, -0.1) is 0 Å². The minimum Gasteiger partial charge on any atom is -0.302 e. The molecule has 0 aliphatic rings. The molecular weight excluding hydrogens is 150 g/mol. The molecule has 10 heavy (non-hydrogen) atoms. The first-order chi connectivity index (χ1) is 4.70. The van der Waals surface area contributed by atoms with Crippen molar-refractivity contribution < 1.29 is 8.76 Å². The van der Waals surface area contributed by atoms with Crippen molar-refractivity contribution in [2.75, 3.05) is 0 Å². The van der Waals surface area contributed by atoms with Gasteiger partial charge in [0.05, 0.1) is 4.90 Å². The number of aromatic nitrogens is 1. The first-order valence-corrected chi connectivity index (χ1v) is 3.83. The van der Waals surface area contributed by atoms with Gasteiger partial charge in [0.2, 0.25) is 0 Å². The summed E-state index contributed by atoms with van der Waals surface area (Å²) in [5, 5.41) is 0. The van der Waals surface area contributed by atoms with Gasteiger partial charge in [0, 0.05) is 12.4 Å². The summed E-state index contributed by atoms with van der Waals surface area (Å²) in [4.78, 5) is 4.10. The Morgan fingerprint density at radius 2 is 2.30 bits per heavy atom. The monoisotopic (exact) mass is 157 g/mol. The van der Waals surface area contributed by atoms with E-state index in [1.807, 2.05) is 6.92 Å². The highest BCUT2D eigenvalue weighted by molar-refractivity contribution is 7.79. The van der Waals surface area contributed by atoms with Gasteiger partial charge in [0.25, 0.3) is 0 Å². The van der Waals surface area contributed by atoms with Crippen LogP contribution >= 0.6 is 0 Å². The molecule has 0 bridgehead atoms. The van der Waals surface area contributed by atoms with Crippen LogP contribution in [-0.2, 0) is 11.1 Å². The topological polar surface area (TPSA) is 50.2 Å². The largest absolute Gasteiger partial charge is 0.302 e. The number of aryl methyl sites for hydroxylation is 1. The molecule has 0 aromatic carbocycles. The van der Waals surface area contributed by atoms with E-state index in [-0.39, 0.29) is 0 Å². The van der Waals surface area contributed by atoms with Crippen LogP contribution in [0.4, 0.5) is 0 Å². The Labute approximate surface area is 61.4 Å². The third-order valence-corrected chi connectivity index (χ3v) is 1.68. The van der Waals surface area contributed by atoms with Gasteiger partial charge >= 0.3 is 0 Å². The summed E-state index contributed by atoms with van der Waals surface area (Å²) in [7, 11) is 0. The van der Waals surface area contributed by atoms with E-state index in [2.05, 4.69) is 4.98 Å². The summed E-state index contributed by atoms with van der Waals surface area (Å²) in [5.41, 5.74) is 0.889. The van der Waals surface area contributed by atoms with E-state index in [0.29, 0.717) is 4.90 Å². The van der Waals surface area contributed by atoms with Gasteiger partial charge in [-0.05, 0) is 18.6 Å². The molecule has 0 radical (unpaired) electrons. The fraction of sp³-hybridized carbons (Fsp3) is 0.167. The maximum absolute atomic E-state index is 10.4. The van der Waals surface area contributed by atoms with Crippen molar-refractivity contribution in [3.63, 3.8) is 0 Å². The van der Waals surface area contributed by atoms with Crippen LogP contribution in [0, 0.1) is 6.92 Å². The summed E-state index contributed by atoms with van der Waals surface area (Å²) in [6, 6.07) is 1.63. The minimum atomic E-state index is -1.90. The molecule has 0 aliphatic heterocycles. The van der Waals surface area contributed by atoms with Crippen LogP contribution in [0.25, 0.3) is 0 Å². The van der Waals surface area contributed by atoms with Crippen LogP contribution in [0.15, 0.2) is 23.4 Å². The fourth-order valence-electron chi connectivity index (χ4n) is 0.623. The molecule has 1 rings (SSSR count). The molecular formula is C6H7NO2S. The second kappa shape index (κ2) is 2.90. The normalized spacial score (nSPS) is 13.0. The van der Waals surface area contributed by atoms with Gasteiger partial charge in [0.1, 0.15) is 0 Å². The quantitative estimate of drug-likeness (QED) is 0.618. The van der Waals surface area contributed by atoms with E-state index in [4.69, 9.17) is 4.55 Å². The van der Waals surface area contributed by atoms with Crippen LogP contribution in [-0.4, -0.2) is 13.7 Å². The maximum atomic E-state index is 10.4. The zero-order chi connectivity index (χ0) is 7.56.